The third kappa shape index (κ3) is 7.65. The molecule has 0 radical (unpaired) electrons. The van der Waals surface area contributed by atoms with E-state index in [0.29, 0.717) is 23.6 Å². The summed E-state index contributed by atoms with van der Waals surface area (Å²) in [4.78, 5) is 36.0. The van der Waals surface area contributed by atoms with Gasteiger partial charge in [0.2, 0.25) is 5.91 Å². The Labute approximate surface area is 181 Å². The van der Waals surface area contributed by atoms with Crippen LogP contribution in [0.15, 0.2) is 36.4 Å². The molecule has 0 aromatic heterocycles. The second kappa shape index (κ2) is 11.6. The average molecular weight is 428 g/mol. The van der Waals surface area contributed by atoms with Gasteiger partial charge in [-0.1, -0.05) is 12.1 Å². The number of nitrogens with one attached hydrogen (secondary N) is 2. The van der Waals surface area contributed by atoms with E-state index in [2.05, 4.69) is 10.6 Å². The highest BCUT2D eigenvalue weighted by Gasteiger charge is 2.12. The number of amides is 2. The standard InChI is InChI=1S/C23H28N2O6/c1-15-8-9-16(2)19(12-15)25-21(26)6-5-7-23(28)31-14-22(27)24-18-11-10-17(29-3)13-20(18)30-4/h8-13H,5-7,14H2,1-4H3,(H,24,27)(H,25,26). The van der Waals surface area contributed by atoms with Crippen LogP contribution >= 0.6 is 0 Å². The first kappa shape index (κ1) is 23.7. The smallest absolute Gasteiger partial charge is 0.306 e. The van der Waals surface area contributed by atoms with E-state index >= 15 is 0 Å². The largest absolute Gasteiger partial charge is 0.497 e. The lowest BCUT2D eigenvalue weighted by Crippen LogP contribution is -2.21. The number of methoxy groups -OCH3 is 2. The summed E-state index contributed by atoms with van der Waals surface area (Å²) in [5.41, 5.74) is 3.22. The quantitative estimate of drug-likeness (QED) is 0.561. The molecule has 0 atom stereocenters. The molecule has 2 aromatic carbocycles. The molecule has 0 aliphatic rings. The lowest BCUT2D eigenvalue weighted by Gasteiger charge is -2.12. The molecule has 8 heteroatoms. The number of rotatable bonds is 10. The molecule has 0 unspecified atom stereocenters. The summed E-state index contributed by atoms with van der Waals surface area (Å²) in [6.45, 7) is 3.44. The van der Waals surface area contributed by atoms with E-state index in [4.69, 9.17) is 14.2 Å². The third-order valence-corrected chi connectivity index (χ3v) is 4.50. The summed E-state index contributed by atoms with van der Waals surface area (Å²) in [5, 5.41) is 5.46. The summed E-state index contributed by atoms with van der Waals surface area (Å²) in [6.07, 6.45) is 0.542. The summed E-state index contributed by atoms with van der Waals surface area (Å²) < 4.78 is 15.3. The molecule has 0 heterocycles. The Kier molecular flexibility index (Phi) is 8.87. The number of ether oxygens (including phenoxy) is 3. The average Bonchev–Trinajstić information content (AvgIpc) is 2.75. The van der Waals surface area contributed by atoms with Crippen LogP contribution in [-0.4, -0.2) is 38.6 Å². The minimum atomic E-state index is -0.545. The van der Waals surface area contributed by atoms with Gasteiger partial charge in [0, 0.05) is 24.6 Å². The van der Waals surface area contributed by atoms with Crippen LogP contribution in [0, 0.1) is 13.8 Å². The van der Waals surface area contributed by atoms with E-state index in [9.17, 15) is 14.4 Å². The lowest BCUT2D eigenvalue weighted by molar-refractivity contribution is -0.147. The van der Waals surface area contributed by atoms with Crippen LogP contribution in [0.5, 0.6) is 11.5 Å². The first-order chi connectivity index (χ1) is 14.8. The lowest BCUT2D eigenvalue weighted by atomic mass is 10.1. The van der Waals surface area contributed by atoms with Gasteiger partial charge in [0.05, 0.1) is 19.9 Å². The highest BCUT2D eigenvalue weighted by molar-refractivity contribution is 5.94. The van der Waals surface area contributed by atoms with Gasteiger partial charge in [-0.25, -0.2) is 0 Å². The molecule has 2 rings (SSSR count). The molecular weight excluding hydrogens is 400 g/mol. The molecule has 0 saturated heterocycles. The molecule has 0 saturated carbocycles. The van der Waals surface area contributed by atoms with Gasteiger partial charge in [-0.15, -0.1) is 0 Å². The Morgan fingerprint density at radius 1 is 0.839 bits per heavy atom. The van der Waals surface area contributed by atoms with Crippen molar-refractivity contribution in [1.82, 2.24) is 0 Å². The maximum absolute atomic E-state index is 12.1. The second-order valence-electron chi connectivity index (χ2n) is 7.00. The molecular formula is C23H28N2O6. The van der Waals surface area contributed by atoms with Gasteiger partial charge in [-0.05, 0) is 49.6 Å². The predicted octanol–water partition coefficient (Wildman–Crippen LogP) is 3.61. The molecule has 166 valence electrons. The van der Waals surface area contributed by atoms with Gasteiger partial charge in [0.25, 0.3) is 5.91 Å². The SMILES string of the molecule is COc1ccc(NC(=O)COC(=O)CCCC(=O)Nc2cc(C)ccc2C)c(OC)c1. The zero-order chi connectivity index (χ0) is 22.8. The highest BCUT2D eigenvalue weighted by Crippen LogP contribution is 2.28. The molecule has 2 amide bonds. The minimum Gasteiger partial charge on any atom is -0.497 e. The highest BCUT2D eigenvalue weighted by atomic mass is 16.5. The van der Waals surface area contributed by atoms with Crippen LogP contribution in [0.4, 0.5) is 11.4 Å². The van der Waals surface area contributed by atoms with Crippen molar-refractivity contribution in [3.05, 3.63) is 47.5 Å². The van der Waals surface area contributed by atoms with Gasteiger partial charge < -0.3 is 24.8 Å². The third-order valence-electron chi connectivity index (χ3n) is 4.50. The summed E-state index contributed by atoms with van der Waals surface area (Å²) >= 11 is 0. The predicted molar refractivity (Wildman–Crippen MR) is 118 cm³/mol. The normalized spacial score (nSPS) is 10.2. The van der Waals surface area contributed by atoms with E-state index < -0.39 is 18.5 Å². The molecule has 0 bridgehead atoms. The Hall–Kier alpha value is -3.55. The van der Waals surface area contributed by atoms with E-state index in [1.165, 1.54) is 14.2 Å². The molecule has 8 nitrogen and oxygen atoms in total. The number of aryl methyl sites for hydroxylation is 2. The van der Waals surface area contributed by atoms with Crippen LogP contribution in [0.25, 0.3) is 0 Å². The molecule has 0 spiro atoms. The molecule has 0 aliphatic heterocycles. The first-order valence-electron chi connectivity index (χ1n) is 9.87. The number of benzene rings is 2. The Morgan fingerprint density at radius 3 is 2.29 bits per heavy atom. The van der Waals surface area contributed by atoms with Gasteiger partial charge in [0.15, 0.2) is 6.61 Å². The van der Waals surface area contributed by atoms with Gasteiger partial charge in [-0.3, -0.25) is 14.4 Å². The molecule has 2 N–H and O–H groups in total. The fraction of sp³-hybridized carbons (Fsp3) is 0.348. The van der Waals surface area contributed by atoms with Crippen LogP contribution in [-0.2, 0) is 19.1 Å². The fourth-order valence-corrected chi connectivity index (χ4v) is 2.78. The topological polar surface area (TPSA) is 103 Å². The Morgan fingerprint density at radius 2 is 1.58 bits per heavy atom. The van der Waals surface area contributed by atoms with Gasteiger partial charge in [0.1, 0.15) is 11.5 Å². The van der Waals surface area contributed by atoms with Crippen molar-refractivity contribution >= 4 is 29.2 Å². The number of carbonyl (C=O) groups excluding carboxylic acids is 3. The number of hydrogen-bond acceptors (Lipinski definition) is 6. The van der Waals surface area contributed by atoms with Crippen molar-refractivity contribution < 1.29 is 28.6 Å². The van der Waals surface area contributed by atoms with E-state index in [-0.39, 0.29) is 18.7 Å². The fourth-order valence-electron chi connectivity index (χ4n) is 2.78. The van der Waals surface area contributed by atoms with Crippen LogP contribution in [0.3, 0.4) is 0 Å². The van der Waals surface area contributed by atoms with Crippen molar-refractivity contribution in [3.63, 3.8) is 0 Å². The number of carbonyl (C=O) groups is 3. The number of anilines is 2. The Bertz CT molecular complexity index is 942. The first-order valence-corrected chi connectivity index (χ1v) is 9.87. The van der Waals surface area contributed by atoms with Crippen molar-refractivity contribution in [2.24, 2.45) is 0 Å². The minimum absolute atomic E-state index is 0.0410. The second-order valence-corrected chi connectivity index (χ2v) is 7.00. The van der Waals surface area contributed by atoms with Crippen molar-refractivity contribution in [2.45, 2.75) is 33.1 Å². The van der Waals surface area contributed by atoms with E-state index in [0.717, 1.165) is 16.8 Å². The summed E-state index contributed by atoms with van der Waals surface area (Å²) in [5.74, 6) is -0.205. The van der Waals surface area contributed by atoms with Crippen molar-refractivity contribution in [2.75, 3.05) is 31.5 Å². The van der Waals surface area contributed by atoms with Crippen LogP contribution in [0.1, 0.15) is 30.4 Å². The summed E-state index contributed by atoms with van der Waals surface area (Å²) in [6, 6.07) is 10.7. The van der Waals surface area contributed by atoms with E-state index in [1.807, 2.05) is 32.0 Å². The molecule has 0 aliphatic carbocycles. The van der Waals surface area contributed by atoms with Crippen LogP contribution in [0.2, 0.25) is 0 Å². The zero-order valence-corrected chi connectivity index (χ0v) is 18.2. The van der Waals surface area contributed by atoms with Crippen molar-refractivity contribution in [1.29, 1.82) is 0 Å². The van der Waals surface area contributed by atoms with Gasteiger partial charge >= 0.3 is 5.97 Å². The Balaban J connectivity index is 1.71. The van der Waals surface area contributed by atoms with Gasteiger partial charge in [-0.2, -0.15) is 0 Å². The molecule has 31 heavy (non-hydrogen) atoms. The van der Waals surface area contributed by atoms with E-state index in [1.54, 1.807) is 18.2 Å². The number of hydrogen-bond donors (Lipinski definition) is 2. The molecule has 0 fully saturated rings. The maximum atomic E-state index is 12.1. The monoisotopic (exact) mass is 428 g/mol. The van der Waals surface area contributed by atoms with Crippen LogP contribution < -0.4 is 20.1 Å². The van der Waals surface area contributed by atoms with Crippen molar-refractivity contribution in [3.8, 4) is 11.5 Å². The summed E-state index contributed by atoms with van der Waals surface area (Å²) in [7, 11) is 3.00. The number of esters is 1. The maximum Gasteiger partial charge on any atom is 0.306 e. The molecule has 2 aromatic rings. The zero-order valence-electron chi connectivity index (χ0n) is 18.2.